The molecule has 3 heterocycles. The Morgan fingerprint density at radius 2 is 1.59 bits per heavy atom. The molecule has 1 aliphatic rings. The van der Waals surface area contributed by atoms with Crippen LogP contribution >= 0.6 is 11.8 Å². The predicted molar refractivity (Wildman–Crippen MR) is 133 cm³/mol. The van der Waals surface area contributed by atoms with E-state index >= 15 is 0 Å². The van der Waals surface area contributed by atoms with Crippen molar-refractivity contribution in [3.63, 3.8) is 0 Å². The van der Waals surface area contributed by atoms with Gasteiger partial charge in [0.25, 0.3) is 0 Å². The Kier molecular flexibility index (Phi) is 6.81. The van der Waals surface area contributed by atoms with Gasteiger partial charge in [-0.15, -0.1) is 10.2 Å². The van der Waals surface area contributed by atoms with E-state index in [9.17, 15) is 4.79 Å². The first-order chi connectivity index (χ1) is 16.8. The number of benzene rings is 2. The molecule has 2 aromatic heterocycles. The summed E-state index contributed by atoms with van der Waals surface area (Å²) in [5.74, 6) is 1.78. The van der Waals surface area contributed by atoms with E-state index in [0.717, 1.165) is 49.0 Å². The summed E-state index contributed by atoms with van der Waals surface area (Å²) in [5, 5.41) is 12.7. The van der Waals surface area contributed by atoms with Gasteiger partial charge in [0.15, 0.2) is 11.0 Å². The molecule has 5 rings (SSSR count). The lowest BCUT2D eigenvalue weighted by Gasteiger charge is -2.32. The molecule has 0 unspecified atom stereocenters. The second-order valence-corrected chi connectivity index (χ2v) is 8.95. The zero-order valence-corrected chi connectivity index (χ0v) is 19.4. The van der Waals surface area contributed by atoms with Crippen LogP contribution in [0.15, 0.2) is 84.3 Å². The number of hydrogen-bond donors (Lipinski definition) is 1. The van der Waals surface area contributed by atoms with Crippen LogP contribution in [0.4, 0.5) is 5.95 Å². The zero-order valence-electron chi connectivity index (χ0n) is 18.6. The molecule has 0 atom stereocenters. The first kappa shape index (κ1) is 22.1. The number of anilines is 1. The third-order valence-corrected chi connectivity index (χ3v) is 6.64. The van der Waals surface area contributed by atoms with Crippen molar-refractivity contribution in [3.8, 4) is 17.1 Å². The molecule has 8 nitrogen and oxygen atoms in total. The molecule has 0 spiro atoms. The smallest absolute Gasteiger partial charge is 0.230 e. The molecule has 0 aliphatic carbocycles. The molecule has 172 valence electrons. The van der Waals surface area contributed by atoms with Crippen LogP contribution in [0.25, 0.3) is 17.1 Å². The molecule has 0 radical (unpaired) electrons. The zero-order chi connectivity index (χ0) is 23.2. The second kappa shape index (κ2) is 10.5. The summed E-state index contributed by atoms with van der Waals surface area (Å²) in [5.41, 5.74) is 1.94. The van der Waals surface area contributed by atoms with E-state index in [2.05, 4.69) is 30.4 Å². The van der Waals surface area contributed by atoms with E-state index < -0.39 is 0 Å². The fourth-order valence-corrected chi connectivity index (χ4v) is 4.79. The third-order valence-electron chi connectivity index (χ3n) is 5.71. The van der Waals surface area contributed by atoms with Crippen LogP contribution in [-0.2, 0) is 4.79 Å². The van der Waals surface area contributed by atoms with Crippen molar-refractivity contribution in [2.45, 2.75) is 24.0 Å². The molecule has 34 heavy (non-hydrogen) atoms. The Labute approximate surface area is 202 Å². The molecule has 1 fully saturated rings. The fourth-order valence-electron chi connectivity index (χ4n) is 4.03. The van der Waals surface area contributed by atoms with Crippen LogP contribution in [0.3, 0.4) is 0 Å². The van der Waals surface area contributed by atoms with Crippen molar-refractivity contribution in [1.29, 1.82) is 0 Å². The summed E-state index contributed by atoms with van der Waals surface area (Å²) >= 11 is 1.40. The van der Waals surface area contributed by atoms with Gasteiger partial charge in [-0.05, 0) is 31.0 Å². The maximum absolute atomic E-state index is 12.7. The molecule has 4 aromatic rings. The monoisotopic (exact) mass is 471 g/mol. The number of carbonyl (C=O) groups is 1. The lowest BCUT2D eigenvalue weighted by molar-refractivity contribution is -0.119. The topological polar surface area (TPSA) is 88.8 Å². The first-order valence-electron chi connectivity index (χ1n) is 11.3. The maximum atomic E-state index is 12.7. The Morgan fingerprint density at radius 1 is 0.912 bits per heavy atom. The molecule has 9 heteroatoms. The Hall–Kier alpha value is -3.72. The largest absolute Gasteiger partial charge is 0.353 e. The molecule has 0 bridgehead atoms. The number of amides is 1. The van der Waals surface area contributed by atoms with Crippen molar-refractivity contribution in [1.82, 2.24) is 30.0 Å². The van der Waals surface area contributed by atoms with E-state index in [0.29, 0.717) is 5.16 Å². The summed E-state index contributed by atoms with van der Waals surface area (Å²) in [6.45, 7) is 1.65. The lowest BCUT2D eigenvalue weighted by Crippen LogP contribution is -2.45. The molecular formula is C25H25N7OS. The van der Waals surface area contributed by atoms with Gasteiger partial charge in [-0.25, -0.2) is 9.97 Å². The average Bonchev–Trinajstić information content (AvgIpc) is 3.33. The minimum absolute atomic E-state index is 0.00304. The number of aromatic nitrogens is 5. The number of nitrogens with zero attached hydrogens (tertiary/aromatic N) is 6. The first-order valence-corrected chi connectivity index (χ1v) is 12.3. The van der Waals surface area contributed by atoms with Crippen molar-refractivity contribution in [2.75, 3.05) is 23.7 Å². The highest BCUT2D eigenvalue weighted by molar-refractivity contribution is 7.99. The van der Waals surface area contributed by atoms with E-state index in [1.54, 1.807) is 12.4 Å². The average molecular weight is 472 g/mol. The van der Waals surface area contributed by atoms with Gasteiger partial charge in [-0.1, -0.05) is 60.3 Å². The van der Waals surface area contributed by atoms with Crippen molar-refractivity contribution in [2.24, 2.45) is 0 Å². The van der Waals surface area contributed by atoms with Gasteiger partial charge >= 0.3 is 0 Å². The number of hydrogen-bond acceptors (Lipinski definition) is 7. The maximum Gasteiger partial charge on any atom is 0.230 e. The van der Waals surface area contributed by atoms with Crippen LogP contribution in [0.2, 0.25) is 0 Å². The van der Waals surface area contributed by atoms with Crippen molar-refractivity contribution >= 4 is 23.6 Å². The Bertz CT molecular complexity index is 1210. The van der Waals surface area contributed by atoms with Gasteiger partial charge in [-0.3, -0.25) is 9.36 Å². The number of para-hydroxylation sites is 1. The van der Waals surface area contributed by atoms with Crippen molar-refractivity contribution in [3.05, 3.63) is 79.1 Å². The van der Waals surface area contributed by atoms with Crippen LogP contribution in [0.5, 0.6) is 0 Å². The van der Waals surface area contributed by atoms with Gasteiger partial charge in [0.2, 0.25) is 11.9 Å². The summed E-state index contributed by atoms with van der Waals surface area (Å²) < 4.78 is 2.01. The van der Waals surface area contributed by atoms with Gasteiger partial charge in [0.05, 0.1) is 5.75 Å². The highest BCUT2D eigenvalue weighted by Crippen LogP contribution is 2.27. The van der Waals surface area contributed by atoms with E-state index in [1.165, 1.54) is 11.8 Å². The molecule has 2 aromatic carbocycles. The Balaban J connectivity index is 1.22. The quantitative estimate of drug-likeness (QED) is 0.412. The van der Waals surface area contributed by atoms with Crippen molar-refractivity contribution < 1.29 is 4.79 Å². The fraction of sp³-hybridized carbons (Fsp3) is 0.240. The predicted octanol–water partition coefficient (Wildman–Crippen LogP) is 3.60. The summed E-state index contributed by atoms with van der Waals surface area (Å²) in [6, 6.07) is 21.9. The second-order valence-electron chi connectivity index (χ2n) is 8.01. The normalized spacial score (nSPS) is 14.2. The summed E-state index contributed by atoms with van der Waals surface area (Å²) in [6.07, 6.45) is 5.25. The highest BCUT2D eigenvalue weighted by Gasteiger charge is 2.23. The van der Waals surface area contributed by atoms with E-state index in [1.807, 2.05) is 71.3 Å². The Morgan fingerprint density at radius 3 is 2.29 bits per heavy atom. The van der Waals surface area contributed by atoms with Crippen LogP contribution in [-0.4, -0.2) is 55.5 Å². The van der Waals surface area contributed by atoms with E-state index in [4.69, 9.17) is 0 Å². The number of nitrogens with one attached hydrogen (secondary N) is 1. The van der Waals surface area contributed by atoms with Crippen LogP contribution in [0, 0.1) is 0 Å². The van der Waals surface area contributed by atoms with Gasteiger partial charge in [0, 0.05) is 42.8 Å². The van der Waals surface area contributed by atoms with Crippen LogP contribution in [0.1, 0.15) is 12.8 Å². The SMILES string of the molecule is O=C(CSc1nnc(-c2ccccc2)n1-c1ccccc1)NC1CCN(c2ncccn2)CC1. The van der Waals surface area contributed by atoms with E-state index in [-0.39, 0.29) is 17.7 Å². The molecule has 1 aliphatic heterocycles. The summed E-state index contributed by atoms with van der Waals surface area (Å²) in [4.78, 5) is 23.5. The van der Waals surface area contributed by atoms with Crippen LogP contribution < -0.4 is 10.2 Å². The molecule has 1 saturated heterocycles. The molecule has 0 saturated carbocycles. The lowest BCUT2D eigenvalue weighted by atomic mass is 10.1. The minimum Gasteiger partial charge on any atom is -0.353 e. The number of carbonyl (C=O) groups excluding carboxylic acids is 1. The standard InChI is InChI=1S/C25H25N7OS/c33-22(28-20-12-16-31(17-13-20)24-26-14-7-15-27-24)18-34-25-30-29-23(19-8-3-1-4-9-19)32(25)21-10-5-2-6-11-21/h1-11,14-15,20H,12-13,16-18H2,(H,28,33). The minimum atomic E-state index is 0.00304. The highest BCUT2D eigenvalue weighted by atomic mass is 32.2. The van der Waals surface area contributed by atoms with Gasteiger partial charge < -0.3 is 10.2 Å². The molecule has 1 amide bonds. The van der Waals surface area contributed by atoms with Gasteiger partial charge in [-0.2, -0.15) is 0 Å². The van der Waals surface area contributed by atoms with Gasteiger partial charge in [0.1, 0.15) is 0 Å². The number of rotatable bonds is 7. The summed E-state index contributed by atoms with van der Waals surface area (Å²) in [7, 11) is 0. The molecular weight excluding hydrogens is 446 g/mol. The molecule has 1 N–H and O–H groups in total. The third kappa shape index (κ3) is 5.09. The number of thioether (sulfide) groups is 1. The number of piperidine rings is 1.